The molecule has 0 fully saturated rings. The third-order valence-corrected chi connectivity index (χ3v) is 2.80. The van der Waals surface area contributed by atoms with Crippen molar-refractivity contribution in [2.75, 3.05) is 6.61 Å². The third-order valence-electron chi connectivity index (χ3n) is 2.80. The summed E-state index contributed by atoms with van der Waals surface area (Å²) in [7, 11) is 0. The van der Waals surface area contributed by atoms with Gasteiger partial charge < -0.3 is 20.6 Å². The lowest BCUT2D eigenvalue weighted by Crippen LogP contribution is -2.16. The summed E-state index contributed by atoms with van der Waals surface area (Å²) in [5.41, 5.74) is 11.8. The first kappa shape index (κ1) is 14.1. The lowest BCUT2D eigenvalue weighted by Gasteiger charge is -2.07. The number of aromatic nitrogens is 1. The van der Waals surface area contributed by atoms with Crippen molar-refractivity contribution >= 4 is 6.09 Å². The highest BCUT2D eigenvalue weighted by Gasteiger charge is 2.13. The van der Waals surface area contributed by atoms with Crippen LogP contribution in [-0.4, -0.2) is 17.7 Å². The standard InChI is InChI=1S/C14H17N3O3/c15-11(7-4-8-19-14(16)18)13-17-9-12(20-13)10-5-2-1-3-6-10/h1-3,5-6,9,11H,4,7-8,15H2,(H2,16,18)/t11-/m0/s1. The second-order valence-electron chi connectivity index (χ2n) is 4.34. The molecule has 1 atom stereocenters. The summed E-state index contributed by atoms with van der Waals surface area (Å²) in [5, 5.41) is 0. The molecule has 0 aliphatic carbocycles. The molecule has 1 aromatic carbocycles. The van der Waals surface area contributed by atoms with Gasteiger partial charge in [-0.05, 0) is 12.8 Å². The minimum Gasteiger partial charge on any atom is -0.450 e. The zero-order valence-corrected chi connectivity index (χ0v) is 11.0. The number of ether oxygens (including phenoxy) is 1. The van der Waals surface area contributed by atoms with Gasteiger partial charge in [0.1, 0.15) is 0 Å². The summed E-state index contributed by atoms with van der Waals surface area (Å²) in [4.78, 5) is 14.6. The van der Waals surface area contributed by atoms with Crippen LogP contribution in [0.1, 0.15) is 24.8 Å². The Labute approximate surface area is 116 Å². The highest BCUT2D eigenvalue weighted by atomic mass is 16.5. The van der Waals surface area contributed by atoms with E-state index in [0.29, 0.717) is 24.5 Å². The maximum atomic E-state index is 10.4. The minimum atomic E-state index is -0.777. The largest absolute Gasteiger partial charge is 0.450 e. The number of amides is 1. The van der Waals surface area contributed by atoms with E-state index in [1.54, 1.807) is 6.20 Å². The Morgan fingerprint density at radius 1 is 1.35 bits per heavy atom. The van der Waals surface area contributed by atoms with Gasteiger partial charge in [-0.3, -0.25) is 0 Å². The molecule has 0 radical (unpaired) electrons. The first-order valence-electron chi connectivity index (χ1n) is 6.36. The maximum Gasteiger partial charge on any atom is 0.404 e. The van der Waals surface area contributed by atoms with Gasteiger partial charge in [-0.15, -0.1) is 0 Å². The van der Waals surface area contributed by atoms with Gasteiger partial charge in [0.25, 0.3) is 0 Å². The molecule has 20 heavy (non-hydrogen) atoms. The van der Waals surface area contributed by atoms with Gasteiger partial charge in [-0.2, -0.15) is 0 Å². The van der Waals surface area contributed by atoms with Crippen molar-refractivity contribution in [1.82, 2.24) is 4.98 Å². The molecule has 1 aromatic heterocycles. The zero-order chi connectivity index (χ0) is 14.4. The Kier molecular flexibility index (Phi) is 4.73. The fourth-order valence-electron chi connectivity index (χ4n) is 1.79. The molecule has 0 saturated heterocycles. The fourth-order valence-corrected chi connectivity index (χ4v) is 1.79. The Morgan fingerprint density at radius 3 is 2.80 bits per heavy atom. The molecular formula is C14H17N3O3. The highest BCUT2D eigenvalue weighted by Crippen LogP contribution is 2.23. The minimum absolute atomic E-state index is 0.245. The summed E-state index contributed by atoms with van der Waals surface area (Å²) in [5.74, 6) is 1.16. The predicted molar refractivity (Wildman–Crippen MR) is 73.6 cm³/mol. The number of carbonyl (C=O) groups excluding carboxylic acids is 1. The van der Waals surface area contributed by atoms with Crippen LogP contribution in [0.15, 0.2) is 40.9 Å². The first-order chi connectivity index (χ1) is 9.66. The molecule has 106 valence electrons. The van der Waals surface area contributed by atoms with Crippen LogP contribution in [-0.2, 0) is 4.74 Å². The molecule has 0 unspecified atom stereocenters. The van der Waals surface area contributed by atoms with Crippen molar-refractivity contribution in [3.8, 4) is 11.3 Å². The van der Waals surface area contributed by atoms with Crippen molar-refractivity contribution in [3.05, 3.63) is 42.4 Å². The van der Waals surface area contributed by atoms with Crippen LogP contribution < -0.4 is 11.5 Å². The summed E-state index contributed by atoms with van der Waals surface area (Å²) in [6, 6.07) is 9.35. The number of nitrogens with two attached hydrogens (primary N) is 2. The van der Waals surface area contributed by atoms with Crippen LogP contribution >= 0.6 is 0 Å². The first-order valence-corrected chi connectivity index (χ1v) is 6.36. The van der Waals surface area contributed by atoms with Gasteiger partial charge in [0.15, 0.2) is 5.76 Å². The van der Waals surface area contributed by atoms with Crippen molar-refractivity contribution < 1.29 is 13.9 Å². The predicted octanol–water partition coefficient (Wildman–Crippen LogP) is 2.22. The van der Waals surface area contributed by atoms with Gasteiger partial charge in [-0.25, -0.2) is 9.78 Å². The van der Waals surface area contributed by atoms with E-state index < -0.39 is 6.09 Å². The van der Waals surface area contributed by atoms with E-state index in [1.165, 1.54) is 0 Å². The van der Waals surface area contributed by atoms with Crippen LogP contribution in [0.25, 0.3) is 11.3 Å². The maximum absolute atomic E-state index is 10.4. The molecule has 6 nitrogen and oxygen atoms in total. The SMILES string of the molecule is NC(=O)OCCC[C@H](N)c1ncc(-c2ccccc2)o1. The number of oxazole rings is 1. The third kappa shape index (κ3) is 3.83. The molecule has 0 saturated carbocycles. The van der Waals surface area contributed by atoms with Crippen LogP contribution in [0.2, 0.25) is 0 Å². The molecule has 6 heteroatoms. The van der Waals surface area contributed by atoms with Crippen LogP contribution in [0.5, 0.6) is 0 Å². The molecule has 1 heterocycles. The van der Waals surface area contributed by atoms with E-state index in [1.807, 2.05) is 30.3 Å². The lowest BCUT2D eigenvalue weighted by molar-refractivity contribution is 0.153. The molecule has 0 aliphatic heterocycles. The second kappa shape index (κ2) is 6.72. The molecule has 1 amide bonds. The molecule has 0 spiro atoms. The van der Waals surface area contributed by atoms with Crippen LogP contribution in [0.3, 0.4) is 0 Å². The van der Waals surface area contributed by atoms with Gasteiger partial charge in [0.05, 0.1) is 18.8 Å². The number of benzene rings is 1. The Balaban J connectivity index is 1.90. The summed E-state index contributed by atoms with van der Waals surface area (Å²) >= 11 is 0. The van der Waals surface area contributed by atoms with Gasteiger partial charge in [0, 0.05) is 5.56 Å². The number of primary amides is 1. The highest BCUT2D eigenvalue weighted by molar-refractivity contribution is 5.64. The monoisotopic (exact) mass is 275 g/mol. The number of carbonyl (C=O) groups is 1. The zero-order valence-electron chi connectivity index (χ0n) is 11.0. The number of hydrogen-bond acceptors (Lipinski definition) is 5. The van der Waals surface area contributed by atoms with Crippen LogP contribution in [0.4, 0.5) is 4.79 Å². The Bertz CT molecular complexity index is 554. The second-order valence-corrected chi connectivity index (χ2v) is 4.34. The van der Waals surface area contributed by atoms with Gasteiger partial charge in [0.2, 0.25) is 5.89 Å². The summed E-state index contributed by atoms with van der Waals surface area (Å²) in [6.07, 6.45) is 2.08. The Morgan fingerprint density at radius 2 is 2.10 bits per heavy atom. The number of nitrogens with zero attached hydrogens (tertiary/aromatic N) is 1. The molecule has 4 N–H and O–H groups in total. The van der Waals surface area contributed by atoms with Crippen LogP contribution in [0, 0.1) is 0 Å². The van der Waals surface area contributed by atoms with E-state index >= 15 is 0 Å². The van der Waals surface area contributed by atoms with Crippen molar-refractivity contribution in [2.24, 2.45) is 11.5 Å². The quantitative estimate of drug-likeness (QED) is 0.786. The van der Waals surface area contributed by atoms with E-state index in [2.05, 4.69) is 9.72 Å². The fraction of sp³-hybridized carbons (Fsp3) is 0.286. The molecule has 2 rings (SSSR count). The summed E-state index contributed by atoms with van der Waals surface area (Å²) in [6.45, 7) is 0.245. The Hall–Kier alpha value is -2.34. The molecule has 0 aliphatic rings. The van der Waals surface area contributed by atoms with Gasteiger partial charge >= 0.3 is 6.09 Å². The van der Waals surface area contributed by atoms with E-state index in [9.17, 15) is 4.79 Å². The van der Waals surface area contributed by atoms with Crippen molar-refractivity contribution in [2.45, 2.75) is 18.9 Å². The van der Waals surface area contributed by atoms with Crippen molar-refractivity contribution in [3.63, 3.8) is 0 Å². The van der Waals surface area contributed by atoms with E-state index in [-0.39, 0.29) is 12.6 Å². The average Bonchev–Trinajstić information content (AvgIpc) is 2.94. The lowest BCUT2D eigenvalue weighted by atomic mass is 10.2. The molecular weight excluding hydrogens is 258 g/mol. The normalized spacial score (nSPS) is 12.1. The van der Waals surface area contributed by atoms with E-state index in [4.69, 9.17) is 15.9 Å². The van der Waals surface area contributed by atoms with Crippen molar-refractivity contribution in [1.29, 1.82) is 0 Å². The molecule has 2 aromatic rings. The number of hydrogen-bond donors (Lipinski definition) is 2. The molecule has 0 bridgehead atoms. The number of rotatable bonds is 6. The summed E-state index contributed by atoms with van der Waals surface area (Å²) < 4.78 is 10.3. The van der Waals surface area contributed by atoms with E-state index in [0.717, 1.165) is 5.56 Å². The van der Waals surface area contributed by atoms with Gasteiger partial charge in [-0.1, -0.05) is 30.3 Å². The topological polar surface area (TPSA) is 104 Å². The smallest absolute Gasteiger partial charge is 0.404 e. The average molecular weight is 275 g/mol.